The van der Waals surface area contributed by atoms with E-state index in [9.17, 15) is 10.5 Å². The summed E-state index contributed by atoms with van der Waals surface area (Å²) >= 11 is 5.98. The Balaban J connectivity index is 2.16. The van der Waals surface area contributed by atoms with Crippen LogP contribution in [0.3, 0.4) is 0 Å². The minimum absolute atomic E-state index is 0.165. The van der Waals surface area contributed by atoms with Gasteiger partial charge in [0, 0.05) is 5.02 Å². The molecule has 120 valence electrons. The normalized spacial score (nSPS) is 10.9. The van der Waals surface area contributed by atoms with Crippen molar-refractivity contribution in [1.82, 2.24) is 9.78 Å². The third kappa shape index (κ3) is 3.23. The smallest absolute Gasteiger partial charge is 0.145 e. The molecule has 0 fully saturated rings. The van der Waals surface area contributed by atoms with Crippen molar-refractivity contribution in [2.45, 2.75) is 0 Å². The van der Waals surface area contributed by atoms with Gasteiger partial charge in [-0.15, -0.1) is 0 Å². The van der Waals surface area contributed by atoms with E-state index in [0.29, 0.717) is 10.7 Å². The molecule has 3 rings (SSSR count). The first kappa shape index (κ1) is 16.3. The quantitative estimate of drug-likeness (QED) is 0.725. The lowest BCUT2D eigenvalue weighted by molar-refractivity contribution is 0.885. The predicted molar refractivity (Wildman–Crippen MR) is 97.6 cm³/mol. The SMILES string of the molecule is N#C/C(=C\c1cccc(Cl)c1)c1nn(-c2ccccc2)c(N)c1C#N. The maximum Gasteiger partial charge on any atom is 0.145 e. The van der Waals surface area contributed by atoms with Gasteiger partial charge in [-0.05, 0) is 35.9 Å². The third-order valence-electron chi connectivity index (χ3n) is 3.57. The fraction of sp³-hybridized carbons (Fsp3) is 0. The predicted octanol–water partition coefficient (Wildman–Crippen LogP) is 4.04. The van der Waals surface area contributed by atoms with Crippen LogP contribution in [0.4, 0.5) is 5.82 Å². The summed E-state index contributed by atoms with van der Waals surface area (Å²) in [7, 11) is 0. The number of para-hydroxylation sites is 1. The van der Waals surface area contributed by atoms with Crippen molar-refractivity contribution < 1.29 is 0 Å². The van der Waals surface area contributed by atoms with Crippen LogP contribution in [0.5, 0.6) is 0 Å². The minimum Gasteiger partial charge on any atom is -0.382 e. The first-order chi connectivity index (χ1) is 12.1. The van der Waals surface area contributed by atoms with Crippen molar-refractivity contribution >= 4 is 29.1 Å². The number of halogens is 1. The van der Waals surface area contributed by atoms with Crippen molar-refractivity contribution in [3.8, 4) is 17.8 Å². The standard InChI is InChI=1S/C19H12ClN5/c20-15-6-4-5-13(10-15)9-14(11-21)18-17(12-22)19(23)25(24-18)16-7-2-1-3-8-16/h1-10H,23H2/b14-9+. The van der Waals surface area contributed by atoms with Crippen LogP contribution in [0.25, 0.3) is 17.3 Å². The van der Waals surface area contributed by atoms with Gasteiger partial charge in [-0.2, -0.15) is 15.6 Å². The lowest BCUT2D eigenvalue weighted by Crippen LogP contribution is -2.02. The second kappa shape index (κ2) is 6.92. The second-order valence-electron chi connectivity index (χ2n) is 5.19. The first-order valence-electron chi connectivity index (χ1n) is 7.36. The molecule has 0 amide bonds. The van der Waals surface area contributed by atoms with Crippen LogP contribution in [0.15, 0.2) is 54.6 Å². The van der Waals surface area contributed by atoms with E-state index in [1.54, 1.807) is 24.3 Å². The fourth-order valence-electron chi connectivity index (χ4n) is 2.41. The highest BCUT2D eigenvalue weighted by Crippen LogP contribution is 2.27. The zero-order chi connectivity index (χ0) is 17.8. The van der Waals surface area contributed by atoms with E-state index >= 15 is 0 Å². The van der Waals surface area contributed by atoms with Gasteiger partial charge in [0.15, 0.2) is 0 Å². The number of anilines is 1. The summed E-state index contributed by atoms with van der Waals surface area (Å²) in [5.41, 5.74) is 8.17. The second-order valence-corrected chi connectivity index (χ2v) is 5.63. The summed E-state index contributed by atoms with van der Waals surface area (Å²) in [4.78, 5) is 0. The van der Waals surface area contributed by atoms with Crippen LogP contribution in [0.2, 0.25) is 5.02 Å². The van der Waals surface area contributed by atoms with E-state index in [1.807, 2.05) is 42.5 Å². The highest BCUT2D eigenvalue weighted by atomic mass is 35.5. The van der Waals surface area contributed by atoms with Crippen LogP contribution in [0, 0.1) is 22.7 Å². The lowest BCUT2D eigenvalue weighted by Gasteiger charge is -2.02. The number of nitrogens with two attached hydrogens (primary N) is 1. The molecule has 0 spiro atoms. The Hall–Kier alpha value is -3.54. The van der Waals surface area contributed by atoms with Gasteiger partial charge in [0.1, 0.15) is 29.2 Å². The molecule has 0 saturated heterocycles. The van der Waals surface area contributed by atoms with Crippen molar-refractivity contribution in [1.29, 1.82) is 10.5 Å². The summed E-state index contributed by atoms with van der Waals surface area (Å²) in [6, 6.07) is 20.4. The monoisotopic (exact) mass is 345 g/mol. The van der Waals surface area contributed by atoms with Gasteiger partial charge in [-0.1, -0.05) is 41.9 Å². The maximum absolute atomic E-state index is 9.55. The molecule has 0 radical (unpaired) electrons. The molecule has 5 nitrogen and oxygen atoms in total. The van der Waals surface area contributed by atoms with E-state index in [0.717, 1.165) is 5.56 Å². The summed E-state index contributed by atoms with van der Waals surface area (Å²) in [6.07, 6.45) is 1.63. The van der Waals surface area contributed by atoms with Crippen molar-refractivity contribution in [2.24, 2.45) is 0 Å². The molecule has 3 aromatic rings. The number of benzene rings is 2. The highest BCUT2D eigenvalue weighted by Gasteiger charge is 2.19. The number of hydrogen-bond acceptors (Lipinski definition) is 4. The minimum atomic E-state index is 0.165. The Morgan fingerprint density at radius 1 is 1.12 bits per heavy atom. The molecule has 0 unspecified atom stereocenters. The molecule has 0 bridgehead atoms. The number of rotatable bonds is 3. The van der Waals surface area contributed by atoms with Crippen LogP contribution in [-0.4, -0.2) is 9.78 Å². The molecule has 0 aliphatic rings. The average molecular weight is 346 g/mol. The Bertz CT molecular complexity index is 1040. The zero-order valence-electron chi connectivity index (χ0n) is 13.0. The Morgan fingerprint density at radius 2 is 1.88 bits per heavy atom. The molecule has 2 N–H and O–H groups in total. The van der Waals surface area contributed by atoms with E-state index in [1.165, 1.54) is 4.68 Å². The number of nitrogen functional groups attached to an aromatic ring is 1. The number of allylic oxidation sites excluding steroid dienone is 1. The molecule has 0 aliphatic heterocycles. The Morgan fingerprint density at radius 3 is 2.52 bits per heavy atom. The Kier molecular flexibility index (Phi) is 4.52. The first-order valence-corrected chi connectivity index (χ1v) is 7.73. The van der Waals surface area contributed by atoms with Crippen LogP contribution in [-0.2, 0) is 0 Å². The van der Waals surface area contributed by atoms with Gasteiger partial charge < -0.3 is 5.73 Å². The van der Waals surface area contributed by atoms with Crippen molar-refractivity contribution in [3.05, 3.63) is 76.4 Å². The van der Waals surface area contributed by atoms with Gasteiger partial charge in [0.2, 0.25) is 0 Å². The number of aromatic nitrogens is 2. The van der Waals surface area contributed by atoms with Crippen LogP contribution in [0.1, 0.15) is 16.8 Å². The van der Waals surface area contributed by atoms with Crippen LogP contribution >= 0.6 is 11.6 Å². The van der Waals surface area contributed by atoms with Crippen LogP contribution < -0.4 is 5.73 Å². The molecule has 0 atom stereocenters. The highest BCUT2D eigenvalue weighted by molar-refractivity contribution is 6.30. The summed E-state index contributed by atoms with van der Waals surface area (Å²) < 4.78 is 1.46. The van der Waals surface area contributed by atoms with E-state index in [2.05, 4.69) is 11.2 Å². The summed E-state index contributed by atoms with van der Waals surface area (Å²) in [6.45, 7) is 0. The average Bonchev–Trinajstić information content (AvgIpc) is 2.96. The molecule has 1 heterocycles. The Labute approximate surface area is 149 Å². The molecule has 25 heavy (non-hydrogen) atoms. The lowest BCUT2D eigenvalue weighted by atomic mass is 10.1. The fourth-order valence-corrected chi connectivity index (χ4v) is 2.61. The summed E-state index contributed by atoms with van der Waals surface area (Å²) in [5, 5.41) is 24.0. The molecule has 0 aliphatic carbocycles. The third-order valence-corrected chi connectivity index (χ3v) is 3.80. The molecular weight excluding hydrogens is 334 g/mol. The van der Waals surface area contributed by atoms with Gasteiger partial charge in [0.05, 0.1) is 11.3 Å². The number of nitriles is 2. The van der Waals surface area contributed by atoms with Gasteiger partial charge >= 0.3 is 0 Å². The molecule has 6 heteroatoms. The van der Waals surface area contributed by atoms with Crippen molar-refractivity contribution in [2.75, 3.05) is 5.73 Å². The topological polar surface area (TPSA) is 91.4 Å². The molecule has 0 saturated carbocycles. The summed E-state index contributed by atoms with van der Waals surface area (Å²) in [5.74, 6) is 0.191. The van der Waals surface area contributed by atoms with Gasteiger partial charge in [-0.3, -0.25) is 0 Å². The van der Waals surface area contributed by atoms with Gasteiger partial charge in [0.25, 0.3) is 0 Å². The molecule has 2 aromatic carbocycles. The van der Waals surface area contributed by atoms with E-state index < -0.39 is 0 Å². The van der Waals surface area contributed by atoms with E-state index in [4.69, 9.17) is 17.3 Å². The molecule has 1 aromatic heterocycles. The maximum atomic E-state index is 9.55. The zero-order valence-corrected chi connectivity index (χ0v) is 13.8. The van der Waals surface area contributed by atoms with Gasteiger partial charge in [-0.25, -0.2) is 4.68 Å². The molecular formula is C19H12ClN5. The number of hydrogen-bond donors (Lipinski definition) is 1. The largest absolute Gasteiger partial charge is 0.382 e. The van der Waals surface area contributed by atoms with Crippen molar-refractivity contribution in [3.63, 3.8) is 0 Å². The van der Waals surface area contributed by atoms with E-state index in [-0.39, 0.29) is 22.6 Å². The number of nitrogens with zero attached hydrogens (tertiary/aromatic N) is 4.